The maximum absolute atomic E-state index is 16.5. The first kappa shape index (κ1) is 30.6. The van der Waals surface area contributed by atoms with Crippen LogP contribution in [0.5, 0.6) is 0 Å². The summed E-state index contributed by atoms with van der Waals surface area (Å²) in [4.78, 5) is 28.5. The van der Waals surface area contributed by atoms with E-state index in [0.29, 0.717) is 48.1 Å². The highest BCUT2D eigenvalue weighted by Crippen LogP contribution is 2.51. The molecule has 2 aliphatic heterocycles. The van der Waals surface area contributed by atoms with Crippen LogP contribution in [-0.2, 0) is 20.9 Å². The lowest BCUT2D eigenvalue weighted by atomic mass is 9.74. The van der Waals surface area contributed by atoms with Crippen molar-refractivity contribution in [1.82, 2.24) is 4.90 Å². The van der Waals surface area contributed by atoms with Gasteiger partial charge in [-0.3, -0.25) is 14.5 Å². The molecule has 4 atom stereocenters. The number of benzene rings is 3. The number of aliphatic hydroxyl groups is 2. The van der Waals surface area contributed by atoms with Gasteiger partial charge in [-0.15, -0.1) is 0 Å². The van der Waals surface area contributed by atoms with Gasteiger partial charge >= 0.3 is 0 Å². The zero-order valence-electron chi connectivity index (χ0n) is 23.7. The number of Topliss-reactive ketones (excluding diaryl/α,β-unsaturated/α-hetero) is 1. The van der Waals surface area contributed by atoms with Crippen molar-refractivity contribution >= 4 is 34.9 Å². The lowest BCUT2D eigenvalue weighted by Gasteiger charge is -2.42. The summed E-state index contributed by atoms with van der Waals surface area (Å²) in [5, 5.41) is 25.4. The number of rotatable bonds is 8. The molecule has 42 heavy (non-hydrogen) atoms. The molecule has 2 N–H and O–H groups in total. The van der Waals surface area contributed by atoms with Crippen molar-refractivity contribution < 1.29 is 28.9 Å². The third-order valence-electron chi connectivity index (χ3n) is 9.02. The Bertz CT molecular complexity index is 1490. The molecule has 5 rings (SSSR count). The van der Waals surface area contributed by atoms with Gasteiger partial charge < -0.3 is 14.9 Å². The predicted molar refractivity (Wildman–Crippen MR) is 159 cm³/mol. The average molecular weight is 615 g/mol. The van der Waals surface area contributed by atoms with E-state index in [1.54, 1.807) is 43.3 Å². The van der Waals surface area contributed by atoms with Gasteiger partial charge in [-0.25, -0.2) is 4.39 Å². The van der Waals surface area contributed by atoms with Gasteiger partial charge in [0.15, 0.2) is 5.72 Å². The molecule has 222 valence electrons. The Labute approximate surface area is 255 Å². The molecular formula is C33H34Cl2FNO5. The molecular weight excluding hydrogens is 580 g/mol. The molecule has 1 fully saturated rings. The summed E-state index contributed by atoms with van der Waals surface area (Å²) < 4.78 is 22.0. The highest BCUT2D eigenvalue weighted by Gasteiger charge is 2.56. The zero-order chi connectivity index (χ0) is 30.4. The molecule has 1 saturated heterocycles. The Balaban J connectivity index is 1.76. The minimum atomic E-state index is -2.29. The number of amides is 1. The summed E-state index contributed by atoms with van der Waals surface area (Å²) in [6.07, 6.45) is 1.48. The van der Waals surface area contributed by atoms with Crippen LogP contribution in [-0.4, -0.2) is 40.0 Å². The Morgan fingerprint density at radius 1 is 1.10 bits per heavy atom. The first-order valence-electron chi connectivity index (χ1n) is 14.2. The summed E-state index contributed by atoms with van der Waals surface area (Å²) in [5.74, 6) is -2.70. The molecule has 6 nitrogen and oxygen atoms in total. The first-order chi connectivity index (χ1) is 19.9. The molecule has 0 bridgehead atoms. The maximum atomic E-state index is 16.5. The Morgan fingerprint density at radius 2 is 1.67 bits per heavy atom. The van der Waals surface area contributed by atoms with Crippen molar-refractivity contribution in [3.05, 3.63) is 104 Å². The normalized spacial score (nSPS) is 22.0. The monoisotopic (exact) mass is 613 g/mol. The largest absolute Gasteiger partial charge is 0.385 e. The summed E-state index contributed by atoms with van der Waals surface area (Å²) in [7, 11) is 0. The fraction of sp³-hybridized carbons (Fsp3) is 0.394. The van der Waals surface area contributed by atoms with Gasteiger partial charge in [-0.2, -0.15) is 0 Å². The second-order valence-corrected chi connectivity index (χ2v) is 12.2. The quantitative estimate of drug-likeness (QED) is 0.293. The Kier molecular flexibility index (Phi) is 8.54. The van der Waals surface area contributed by atoms with Crippen LogP contribution in [0, 0.1) is 17.7 Å². The minimum Gasteiger partial charge on any atom is -0.385 e. The van der Waals surface area contributed by atoms with Gasteiger partial charge in [0.25, 0.3) is 5.91 Å². The van der Waals surface area contributed by atoms with E-state index in [0.717, 1.165) is 0 Å². The van der Waals surface area contributed by atoms with Crippen LogP contribution in [0.15, 0.2) is 60.7 Å². The number of hydrogen-bond acceptors (Lipinski definition) is 5. The van der Waals surface area contributed by atoms with Gasteiger partial charge in [0.2, 0.25) is 0 Å². The number of halogens is 3. The van der Waals surface area contributed by atoms with Crippen LogP contribution in [0.1, 0.15) is 78.7 Å². The van der Waals surface area contributed by atoms with E-state index in [4.69, 9.17) is 27.9 Å². The van der Waals surface area contributed by atoms with Crippen molar-refractivity contribution in [2.75, 3.05) is 13.2 Å². The molecule has 3 aromatic rings. The van der Waals surface area contributed by atoms with E-state index in [-0.39, 0.29) is 34.0 Å². The van der Waals surface area contributed by atoms with Gasteiger partial charge in [-0.05, 0) is 79.6 Å². The predicted octanol–water partition coefficient (Wildman–Crippen LogP) is 6.77. The Morgan fingerprint density at radius 3 is 2.21 bits per heavy atom. The number of ketones is 1. The minimum absolute atomic E-state index is 0.0731. The van der Waals surface area contributed by atoms with Gasteiger partial charge in [0.05, 0.1) is 22.8 Å². The van der Waals surface area contributed by atoms with E-state index in [1.165, 1.54) is 36.1 Å². The molecule has 0 aliphatic carbocycles. The average Bonchev–Trinajstić information content (AvgIpc) is 3.21. The third kappa shape index (κ3) is 5.05. The fourth-order valence-corrected chi connectivity index (χ4v) is 6.77. The van der Waals surface area contributed by atoms with Crippen LogP contribution in [0.3, 0.4) is 0 Å². The maximum Gasteiger partial charge on any atom is 0.257 e. The second-order valence-electron chi connectivity index (χ2n) is 11.3. The van der Waals surface area contributed by atoms with Crippen LogP contribution < -0.4 is 0 Å². The summed E-state index contributed by atoms with van der Waals surface area (Å²) in [6.45, 7) is 5.87. The Hall–Kier alpha value is -2.81. The van der Waals surface area contributed by atoms with Crippen LogP contribution in [0.2, 0.25) is 10.0 Å². The highest BCUT2D eigenvalue weighted by molar-refractivity contribution is 6.30. The second kappa shape index (κ2) is 11.7. The molecule has 0 saturated carbocycles. The number of carbonyl (C=O) groups excluding carboxylic acids is 2. The zero-order valence-corrected chi connectivity index (χ0v) is 25.3. The van der Waals surface area contributed by atoms with Crippen LogP contribution >= 0.6 is 23.2 Å². The molecule has 0 radical (unpaired) electrons. The number of carbonyl (C=O) groups is 2. The molecule has 0 aromatic heterocycles. The number of fused-ring (bicyclic) bond motifs is 1. The van der Waals surface area contributed by atoms with E-state index < -0.39 is 35.0 Å². The molecule has 9 heteroatoms. The SMILES string of the molecule is CC[C@@](O)(c1cc(F)c2c(c1)C(=O)N([C@H](c1ccc(Cl)cc1)[C@H](C)C(C)=O)C2(O)c1ccc(Cl)cc1)C1CCOCC1. The summed E-state index contributed by atoms with van der Waals surface area (Å²) >= 11 is 12.3. The third-order valence-corrected chi connectivity index (χ3v) is 9.53. The summed E-state index contributed by atoms with van der Waals surface area (Å²) in [5.41, 5.74) is -3.00. The molecule has 3 aromatic carbocycles. The smallest absolute Gasteiger partial charge is 0.257 e. The lowest BCUT2D eigenvalue weighted by molar-refractivity contribution is -0.126. The highest BCUT2D eigenvalue weighted by atomic mass is 35.5. The van der Waals surface area contributed by atoms with Gasteiger partial charge in [-0.1, -0.05) is 61.3 Å². The van der Waals surface area contributed by atoms with E-state index in [2.05, 4.69) is 0 Å². The van der Waals surface area contributed by atoms with Crippen molar-refractivity contribution in [2.24, 2.45) is 11.8 Å². The number of ether oxygens (including phenoxy) is 1. The lowest BCUT2D eigenvalue weighted by Crippen LogP contribution is -2.49. The summed E-state index contributed by atoms with van der Waals surface area (Å²) in [6, 6.07) is 14.6. The van der Waals surface area contributed by atoms with Crippen LogP contribution in [0.4, 0.5) is 4.39 Å². The van der Waals surface area contributed by atoms with Gasteiger partial charge in [0, 0.05) is 34.7 Å². The molecule has 2 heterocycles. The standard InChI is InChI=1S/C33H34Cl2FNO5/c1-4-32(40,22-13-15-42-16-14-22)24-17-27-29(28(36)18-24)33(41,23-7-11-26(35)12-8-23)37(31(27)39)30(19(2)20(3)38)21-5-9-25(34)10-6-21/h5-12,17-19,22,30,40-41H,4,13-16H2,1-3H3/t19-,30+,32+,33?/m1/s1. The molecule has 1 amide bonds. The van der Waals surface area contributed by atoms with E-state index >= 15 is 4.39 Å². The van der Waals surface area contributed by atoms with Crippen molar-refractivity contribution in [3.8, 4) is 0 Å². The van der Waals surface area contributed by atoms with E-state index in [1.807, 2.05) is 6.92 Å². The van der Waals surface area contributed by atoms with Crippen molar-refractivity contribution in [1.29, 1.82) is 0 Å². The molecule has 2 aliphatic rings. The van der Waals surface area contributed by atoms with Crippen molar-refractivity contribution in [3.63, 3.8) is 0 Å². The topological polar surface area (TPSA) is 87.1 Å². The van der Waals surface area contributed by atoms with Crippen LogP contribution in [0.25, 0.3) is 0 Å². The van der Waals surface area contributed by atoms with E-state index in [9.17, 15) is 19.8 Å². The first-order valence-corrected chi connectivity index (χ1v) is 14.9. The number of hydrogen-bond donors (Lipinski definition) is 2. The van der Waals surface area contributed by atoms with Crippen molar-refractivity contribution in [2.45, 2.75) is 57.4 Å². The van der Waals surface area contributed by atoms with Gasteiger partial charge in [0.1, 0.15) is 11.6 Å². The fourth-order valence-electron chi connectivity index (χ4n) is 6.52. The number of nitrogens with zero attached hydrogens (tertiary/aromatic N) is 1. The molecule has 0 spiro atoms. The molecule has 1 unspecified atom stereocenters.